The van der Waals surface area contributed by atoms with Gasteiger partial charge in [-0.05, 0) is 86.2 Å². The zero-order valence-corrected chi connectivity index (χ0v) is 31.8. The van der Waals surface area contributed by atoms with Crippen LogP contribution in [-0.2, 0) is 10.2 Å². The number of halogens is 3. The molecule has 11 heteroatoms. The number of hydrogen-bond acceptors (Lipinski definition) is 5. The van der Waals surface area contributed by atoms with Gasteiger partial charge in [0.25, 0.3) is 0 Å². The number of carbonyl (C=O) groups is 2. The third kappa shape index (κ3) is 9.28. The molecule has 2 atom stereocenters. The van der Waals surface area contributed by atoms with Gasteiger partial charge in [-0.3, -0.25) is 19.6 Å². The molecule has 0 bridgehead atoms. The molecule has 1 saturated heterocycles. The summed E-state index contributed by atoms with van der Waals surface area (Å²) in [4.78, 5) is 38.6. The second-order valence-electron chi connectivity index (χ2n) is 14.6. The lowest BCUT2D eigenvalue weighted by atomic mass is 9.86. The van der Waals surface area contributed by atoms with E-state index in [9.17, 15) is 9.59 Å². The Morgan fingerprint density at radius 1 is 0.857 bits per heavy atom. The monoisotopic (exact) mass is 727 g/mol. The zero-order chi connectivity index (χ0) is 34.8. The highest BCUT2D eigenvalue weighted by atomic mass is 35.5. The van der Waals surface area contributed by atoms with Crippen molar-refractivity contribution in [3.63, 3.8) is 0 Å². The number of rotatable bonds is 7. The first-order valence-corrected chi connectivity index (χ1v) is 17.4. The lowest BCUT2D eigenvalue weighted by molar-refractivity contribution is -0.124. The first-order valence-electron chi connectivity index (χ1n) is 16.6. The number of amidine groups is 1. The van der Waals surface area contributed by atoms with Crippen molar-refractivity contribution in [3.8, 4) is 5.75 Å². The molecule has 0 spiro atoms. The van der Waals surface area contributed by atoms with E-state index in [4.69, 9.17) is 32.9 Å². The van der Waals surface area contributed by atoms with Crippen molar-refractivity contribution in [2.24, 2.45) is 4.99 Å². The van der Waals surface area contributed by atoms with Gasteiger partial charge in [0.2, 0.25) is 5.91 Å². The maximum Gasteiger partial charge on any atom is 0.326 e. The average molecular weight is 729 g/mol. The molecule has 0 radical (unpaired) electrons. The third-order valence-corrected chi connectivity index (χ3v) is 9.11. The van der Waals surface area contributed by atoms with Crippen LogP contribution in [0.25, 0.3) is 0 Å². The molecule has 1 fully saturated rings. The van der Waals surface area contributed by atoms with Crippen LogP contribution in [0.5, 0.6) is 5.75 Å². The zero-order valence-electron chi connectivity index (χ0n) is 29.4. The Kier molecular flexibility index (Phi) is 12.3. The number of aliphatic imine (C=N–C) groups is 1. The molecule has 5 rings (SSSR count). The fourth-order valence-electron chi connectivity index (χ4n) is 6.21. The quantitative estimate of drug-likeness (QED) is 0.266. The Hall–Kier alpha value is -3.30. The van der Waals surface area contributed by atoms with E-state index in [1.54, 1.807) is 0 Å². The molecule has 0 unspecified atom stereocenters. The lowest BCUT2D eigenvalue weighted by Crippen LogP contribution is -2.56. The molecule has 8 nitrogen and oxygen atoms in total. The average Bonchev–Trinajstić information content (AvgIpc) is 3.41. The van der Waals surface area contributed by atoms with Crippen molar-refractivity contribution in [1.82, 2.24) is 20.0 Å². The second-order valence-corrected chi connectivity index (χ2v) is 15.4. The van der Waals surface area contributed by atoms with Crippen molar-refractivity contribution in [2.45, 2.75) is 71.5 Å². The van der Waals surface area contributed by atoms with Crippen LogP contribution in [0, 0.1) is 0 Å². The first kappa shape index (κ1) is 38.5. The molecule has 49 heavy (non-hydrogen) atoms. The summed E-state index contributed by atoms with van der Waals surface area (Å²) in [5, 5.41) is 4.27. The van der Waals surface area contributed by atoms with Crippen LogP contribution < -0.4 is 10.1 Å². The number of nitrogens with one attached hydrogen (secondary N) is 1. The molecule has 3 aromatic carbocycles. The standard InChI is InChI=1S/C38H47Cl2N5O3.ClH/c1-8-48-31-23-27(37(2,3)4)13-18-30(31)35-41-33(25-9-14-28(39)15-10-25)34(26-11-16-29(40)17-12-26)45(35)36(47)44-21-19-43(20-22-44)24-32(46)42-38(5,6)7;/h9-18,23,33-34H,8,19-22,24H2,1-7H3,(H,42,46);1H/t33-,34+;/m0./s1. The minimum absolute atomic E-state index is 0. The van der Waals surface area contributed by atoms with E-state index in [0.29, 0.717) is 61.0 Å². The highest BCUT2D eigenvalue weighted by molar-refractivity contribution is 6.30. The number of amides is 3. The molecule has 2 aliphatic rings. The van der Waals surface area contributed by atoms with Crippen LogP contribution >= 0.6 is 35.6 Å². The number of benzene rings is 3. The van der Waals surface area contributed by atoms with Crippen molar-refractivity contribution in [2.75, 3.05) is 39.3 Å². The van der Waals surface area contributed by atoms with Gasteiger partial charge in [0.1, 0.15) is 17.6 Å². The van der Waals surface area contributed by atoms with Gasteiger partial charge in [0.05, 0.1) is 24.8 Å². The summed E-state index contributed by atoms with van der Waals surface area (Å²) in [7, 11) is 0. The van der Waals surface area contributed by atoms with Crippen molar-refractivity contribution >= 4 is 53.4 Å². The second kappa shape index (κ2) is 15.7. The van der Waals surface area contributed by atoms with Gasteiger partial charge < -0.3 is 15.0 Å². The molecule has 2 heterocycles. The van der Waals surface area contributed by atoms with E-state index in [1.807, 2.05) is 92.1 Å². The SMILES string of the molecule is CCOc1cc(C(C)(C)C)ccc1C1=N[C@@H](c2ccc(Cl)cc2)[C@@H](c2ccc(Cl)cc2)N1C(=O)N1CCN(CC(=O)NC(C)(C)C)CC1.Cl. The summed E-state index contributed by atoms with van der Waals surface area (Å²) in [6.45, 7) is 17.3. The molecule has 264 valence electrons. The van der Waals surface area contributed by atoms with Crippen LogP contribution in [0.1, 0.15) is 82.8 Å². The van der Waals surface area contributed by atoms with Gasteiger partial charge >= 0.3 is 6.03 Å². The molecule has 0 saturated carbocycles. The molecular formula is C38H48Cl3N5O3. The summed E-state index contributed by atoms with van der Waals surface area (Å²) in [6.07, 6.45) is 0. The smallest absolute Gasteiger partial charge is 0.326 e. The van der Waals surface area contributed by atoms with Gasteiger partial charge in [-0.1, -0.05) is 74.3 Å². The molecule has 3 aromatic rings. The molecule has 0 aliphatic carbocycles. The van der Waals surface area contributed by atoms with Gasteiger partial charge in [-0.2, -0.15) is 0 Å². The molecular weight excluding hydrogens is 681 g/mol. The van der Waals surface area contributed by atoms with Crippen molar-refractivity contribution in [3.05, 3.63) is 99.0 Å². The molecule has 3 amide bonds. The predicted octanol–water partition coefficient (Wildman–Crippen LogP) is 8.31. The maximum atomic E-state index is 14.9. The van der Waals surface area contributed by atoms with Gasteiger partial charge in [0, 0.05) is 41.8 Å². The highest BCUT2D eigenvalue weighted by Gasteiger charge is 2.45. The fourth-order valence-corrected chi connectivity index (χ4v) is 6.47. The van der Waals surface area contributed by atoms with Gasteiger partial charge in [-0.15, -0.1) is 12.4 Å². The highest BCUT2D eigenvalue weighted by Crippen LogP contribution is 2.46. The first-order chi connectivity index (χ1) is 22.6. The number of nitrogens with zero attached hydrogens (tertiary/aromatic N) is 4. The van der Waals surface area contributed by atoms with Crippen LogP contribution in [-0.4, -0.2) is 77.3 Å². The van der Waals surface area contributed by atoms with E-state index in [-0.39, 0.29) is 35.3 Å². The Morgan fingerprint density at radius 2 is 1.43 bits per heavy atom. The summed E-state index contributed by atoms with van der Waals surface area (Å²) in [6, 6.07) is 20.4. The molecule has 1 N–H and O–H groups in total. The number of carbonyl (C=O) groups excluding carboxylic acids is 2. The van der Waals surface area contributed by atoms with E-state index in [1.165, 1.54) is 0 Å². The lowest BCUT2D eigenvalue weighted by Gasteiger charge is -2.39. The fraction of sp³-hybridized carbons (Fsp3) is 0.447. The van der Waals surface area contributed by atoms with E-state index in [2.05, 4.69) is 43.1 Å². The molecule has 2 aliphatic heterocycles. The van der Waals surface area contributed by atoms with Crippen LogP contribution in [0.3, 0.4) is 0 Å². The molecule has 0 aromatic heterocycles. The van der Waals surface area contributed by atoms with Crippen molar-refractivity contribution in [1.29, 1.82) is 0 Å². The van der Waals surface area contributed by atoms with Gasteiger partial charge in [-0.25, -0.2) is 4.79 Å². The summed E-state index contributed by atoms with van der Waals surface area (Å²) >= 11 is 12.7. The number of piperazine rings is 1. The van der Waals surface area contributed by atoms with Crippen LogP contribution in [0.15, 0.2) is 71.7 Å². The van der Waals surface area contributed by atoms with Gasteiger partial charge in [0.15, 0.2) is 0 Å². The van der Waals surface area contributed by atoms with E-state index < -0.39 is 12.1 Å². The Balaban J connectivity index is 0.00000541. The summed E-state index contributed by atoms with van der Waals surface area (Å²) in [5.41, 5.74) is 3.33. The minimum Gasteiger partial charge on any atom is -0.493 e. The predicted molar refractivity (Wildman–Crippen MR) is 202 cm³/mol. The van der Waals surface area contributed by atoms with E-state index >= 15 is 0 Å². The largest absolute Gasteiger partial charge is 0.493 e. The number of hydrogen-bond donors (Lipinski definition) is 1. The Bertz CT molecular complexity index is 1640. The normalized spacial score (nSPS) is 18.5. The summed E-state index contributed by atoms with van der Waals surface area (Å²) < 4.78 is 6.25. The van der Waals surface area contributed by atoms with Crippen molar-refractivity contribution < 1.29 is 14.3 Å². The maximum absolute atomic E-state index is 14.9. The summed E-state index contributed by atoms with van der Waals surface area (Å²) in [5.74, 6) is 1.21. The van der Waals surface area contributed by atoms with E-state index in [0.717, 1.165) is 22.3 Å². The minimum atomic E-state index is -0.460. The Labute approximate surface area is 307 Å². The topological polar surface area (TPSA) is 77.5 Å². The van der Waals surface area contributed by atoms with Crippen LogP contribution in [0.2, 0.25) is 10.0 Å². The third-order valence-electron chi connectivity index (χ3n) is 8.61. The Morgan fingerprint density at radius 3 is 1.96 bits per heavy atom. The number of ether oxygens (including phenoxy) is 1. The van der Waals surface area contributed by atoms with Crippen LogP contribution in [0.4, 0.5) is 4.79 Å². The number of urea groups is 1.